The van der Waals surface area contributed by atoms with Crippen LogP contribution in [0.4, 0.5) is 4.79 Å². The lowest BCUT2D eigenvalue weighted by Gasteiger charge is -2.07. The molecule has 0 aliphatic carbocycles. The van der Waals surface area contributed by atoms with Gasteiger partial charge in [0, 0.05) is 6.54 Å². The first-order chi connectivity index (χ1) is 11.6. The molecule has 0 bridgehead atoms. The van der Waals surface area contributed by atoms with Crippen LogP contribution in [0.15, 0.2) is 47.3 Å². The molecule has 1 atom stereocenters. The van der Waals surface area contributed by atoms with Crippen LogP contribution < -0.4 is 10.6 Å². The van der Waals surface area contributed by atoms with Gasteiger partial charge in [-0.25, -0.2) is 0 Å². The van der Waals surface area contributed by atoms with Crippen molar-refractivity contribution in [3.05, 3.63) is 59.5 Å². The third kappa shape index (κ3) is 4.05. The second-order valence-electron chi connectivity index (χ2n) is 5.42. The Hall–Kier alpha value is -2.54. The van der Waals surface area contributed by atoms with E-state index < -0.39 is 0 Å². The molecule has 2 aromatic rings. The molecule has 7 heteroatoms. The number of thioether (sulfide) groups is 1. The van der Waals surface area contributed by atoms with E-state index in [4.69, 9.17) is 4.42 Å². The Bertz CT molecular complexity index is 740. The van der Waals surface area contributed by atoms with Crippen LogP contribution in [0.25, 0.3) is 0 Å². The molecule has 1 aliphatic rings. The van der Waals surface area contributed by atoms with Crippen LogP contribution in [-0.4, -0.2) is 28.8 Å². The van der Waals surface area contributed by atoms with Crippen LogP contribution in [0.3, 0.4) is 0 Å². The third-order valence-electron chi connectivity index (χ3n) is 3.69. The largest absolute Gasteiger partial charge is 0.472 e. The van der Waals surface area contributed by atoms with Gasteiger partial charge in [-0.15, -0.1) is 0 Å². The van der Waals surface area contributed by atoms with Crippen molar-refractivity contribution < 1.29 is 18.8 Å². The molecule has 24 heavy (non-hydrogen) atoms. The van der Waals surface area contributed by atoms with Crippen molar-refractivity contribution in [1.82, 2.24) is 10.6 Å². The van der Waals surface area contributed by atoms with Crippen LogP contribution in [0.1, 0.15) is 21.5 Å². The number of nitrogens with one attached hydrogen (secondary N) is 2. The van der Waals surface area contributed by atoms with Gasteiger partial charge in [-0.3, -0.25) is 19.7 Å². The van der Waals surface area contributed by atoms with E-state index in [0.717, 1.165) is 22.9 Å². The van der Waals surface area contributed by atoms with Gasteiger partial charge in [-0.2, -0.15) is 0 Å². The maximum atomic E-state index is 11.8. The highest BCUT2D eigenvalue weighted by molar-refractivity contribution is 8.15. The number of imide groups is 1. The molecule has 6 nitrogen and oxygen atoms in total. The first-order valence-electron chi connectivity index (χ1n) is 7.51. The molecule has 2 heterocycles. The maximum absolute atomic E-state index is 11.8. The maximum Gasteiger partial charge on any atom is 0.286 e. The fraction of sp³-hybridized carbons (Fsp3) is 0.235. The molecular formula is C17H16N2O4S. The number of rotatable bonds is 6. The Kier molecular flexibility index (Phi) is 5.00. The van der Waals surface area contributed by atoms with Crippen LogP contribution in [0.2, 0.25) is 0 Å². The van der Waals surface area contributed by atoms with Gasteiger partial charge in [0.15, 0.2) is 0 Å². The first-order valence-corrected chi connectivity index (χ1v) is 8.39. The van der Waals surface area contributed by atoms with E-state index in [0.29, 0.717) is 24.9 Å². The standard InChI is InChI=1S/C17H16N2O4S/c20-15(13-6-8-23-10-13)18-7-5-11-1-3-12(4-2-11)9-14-16(21)19-17(22)24-14/h1-4,6,8,10,14H,5,7,9H2,(H,18,20)(H,19,21,22). The summed E-state index contributed by atoms with van der Waals surface area (Å²) < 4.78 is 4.87. The number of carbonyl (C=O) groups excluding carboxylic acids is 3. The summed E-state index contributed by atoms with van der Waals surface area (Å²) in [5.74, 6) is -0.384. The highest BCUT2D eigenvalue weighted by Gasteiger charge is 2.31. The van der Waals surface area contributed by atoms with Gasteiger partial charge in [0.1, 0.15) is 6.26 Å². The van der Waals surface area contributed by atoms with E-state index >= 15 is 0 Å². The van der Waals surface area contributed by atoms with Gasteiger partial charge in [0.25, 0.3) is 11.1 Å². The summed E-state index contributed by atoms with van der Waals surface area (Å²) in [4.78, 5) is 34.5. The Balaban J connectivity index is 1.47. The number of benzene rings is 1. The quantitative estimate of drug-likeness (QED) is 0.838. The number of hydrogen-bond donors (Lipinski definition) is 2. The number of hydrogen-bond acceptors (Lipinski definition) is 5. The highest BCUT2D eigenvalue weighted by Crippen LogP contribution is 2.23. The smallest absolute Gasteiger partial charge is 0.286 e. The monoisotopic (exact) mass is 344 g/mol. The van der Waals surface area contributed by atoms with Crippen LogP contribution >= 0.6 is 11.8 Å². The van der Waals surface area contributed by atoms with Gasteiger partial charge >= 0.3 is 0 Å². The van der Waals surface area contributed by atoms with Gasteiger partial charge in [0.2, 0.25) is 5.91 Å². The van der Waals surface area contributed by atoms with Crippen molar-refractivity contribution >= 4 is 28.8 Å². The minimum atomic E-state index is -0.349. The SMILES string of the molecule is O=C1NC(=O)C(Cc2ccc(CCNC(=O)c3ccoc3)cc2)S1. The van der Waals surface area contributed by atoms with Crippen LogP contribution in [0.5, 0.6) is 0 Å². The molecule has 0 spiro atoms. The second-order valence-corrected chi connectivity index (χ2v) is 6.60. The lowest BCUT2D eigenvalue weighted by atomic mass is 10.1. The first kappa shape index (κ1) is 16.3. The third-order valence-corrected chi connectivity index (χ3v) is 4.68. The predicted molar refractivity (Wildman–Crippen MR) is 89.8 cm³/mol. The predicted octanol–water partition coefficient (Wildman–Crippen LogP) is 2.15. The number of amides is 3. The molecule has 1 aromatic heterocycles. The van der Waals surface area contributed by atoms with Crippen molar-refractivity contribution in [1.29, 1.82) is 0 Å². The summed E-state index contributed by atoms with van der Waals surface area (Å²) in [6.45, 7) is 0.527. The number of furan rings is 1. The molecule has 1 fully saturated rings. The minimum Gasteiger partial charge on any atom is -0.472 e. The summed E-state index contributed by atoms with van der Waals surface area (Å²) in [6, 6.07) is 9.46. The fourth-order valence-corrected chi connectivity index (χ4v) is 3.26. The summed E-state index contributed by atoms with van der Waals surface area (Å²) in [7, 11) is 0. The van der Waals surface area contributed by atoms with E-state index in [1.165, 1.54) is 12.5 Å². The molecule has 1 aromatic carbocycles. The van der Waals surface area contributed by atoms with Gasteiger partial charge in [-0.05, 0) is 30.0 Å². The summed E-state index contributed by atoms with van der Waals surface area (Å²) in [5.41, 5.74) is 2.60. The zero-order chi connectivity index (χ0) is 16.9. The Morgan fingerprint density at radius 1 is 1.17 bits per heavy atom. The minimum absolute atomic E-state index is 0.158. The molecular weight excluding hydrogens is 328 g/mol. The Morgan fingerprint density at radius 3 is 2.54 bits per heavy atom. The summed E-state index contributed by atoms with van der Waals surface area (Å²) >= 11 is 1.03. The molecule has 124 valence electrons. The highest BCUT2D eigenvalue weighted by atomic mass is 32.2. The van der Waals surface area contributed by atoms with Crippen molar-refractivity contribution in [3.63, 3.8) is 0 Å². The average molecular weight is 344 g/mol. The van der Waals surface area contributed by atoms with Gasteiger partial charge < -0.3 is 9.73 Å². The van der Waals surface area contributed by atoms with E-state index in [-0.39, 0.29) is 22.3 Å². The average Bonchev–Trinajstić information content (AvgIpc) is 3.19. The second kappa shape index (κ2) is 7.35. The molecule has 1 unspecified atom stereocenters. The van der Waals surface area contributed by atoms with Crippen molar-refractivity contribution in [2.24, 2.45) is 0 Å². The van der Waals surface area contributed by atoms with Crippen LogP contribution in [0, 0.1) is 0 Å². The Morgan fingerprint density at radius 2 is 1.92 bits per heavy atom. The Labute approximate surface area is 143 Å². The molecule has 0 radical (unpaired) electrons. The van der Waals surface area contributed by atoms with Crippen molar-refractivity contribution in [2.45, 2.75) is 18.1 Å². The van der Waals surface area contributed by atoms with Crippen molar-refractivity contribution in [2.75, 3.05) is 6.54 Å². The summed E-state index contributed by atoms with van der Waals surface area (Å²) in [6.07, 6.45) is 4.11. The topological polar surface area (TPSA) is 88.4 Å². The van der Waals surface area contributed by atoms with Gasteiger partial charge in [-0.1, -0.05) is 36.0 Å². The molecule has 0 saturated carbocycles. The van der Waals surface area contributed by atoms with E-state index in [9.17, 15) is 14.4 Å². The molecule has 3 rings (SSSR count). The summed E-state index contributed by atoms with van der Waals surface area (Å²) in [5, 5.41) is 4.48. The van der Waals surface area contributed by atoms with E-state index in [2.05, 4.69) is 10.6 Å². The molecule has 1 saturated heterocycles. The molecule has 2 N–H and O–H groups in total. The lowest BCUT2D eigenvalue weighted by molar-refractivity contribution is -0.118. The normalized spacial score (nSPS) is 16.9. The number of carbonyl (C=O) groups is 3. The van der Waals surface area contributed by atoms with Gasteiger partial charge in [0.05, 0.1) is 17.1 Å². The van der Waals surface area contributed by atoms with E-state index in [1.807, 2.05) is 24.3 Å². The zero-order valence-corrected chi connectivity index (χ0v) is 13.6. The molecule has 3 amide bonds. The fourth-order valence-electron chi connectivity index (χ4n) is 2.40. The lowest BCUT2D eigenvalue weighted by Crippen LogP contribution is -2.25. The zero-order valence-electron chi connectivity index (χ0n) is 12.8. The van der Waals surface area contributed by atoms with Crippen molar-refractivity contribution in [3.8, 4) is 0 Å². The van der Waals surface area contributed by atoms with E-state index in [1.54, 1.807) is 6.07 Å². The van der Waals surface area contributed by atoms with Crippen LogP contribution in [-0.2, 0) is 17.6 Å². The molecule has 1 aliphatic heterocycles.